The predicted octanol–water partition coefficient (Wildman–Crippen LogP) is 4.83. The Bertz CT molecular complexity index is 568. The van der Waals surface area contributed by atoms with E-state index < -0.39 is 0 Å². The first-order chi connectivity index (χ1) is 9.10. The lowest BCUT2D eigenvalue weighted by Crippen LogP contribution is -2.07. The van der Waals surface area contributed by atoms with Crippen LogP contribution in [0.3, 0.4) is 0 Å². The van der Waals surface area contributed by atoms with Gasteiger partial charge in [-0.05, 0) is 37.6 Å². The van der Waals surface area contributed by atoms with Gasteiger partial charge in [-0.1, -0.05) is 41.4 Å². The van der Waals surface area contributed by atoms with E-state index in [0.717, 1.165) is 11.4 Å². The zero-order valence-electron chi connectivity index (χ0n) is 11.4. The summed E-state index contributed by atoms with van der Waals surface area (Å²) in [6.07, 6.45) is 0. The molecule has 1 atom stereocenters. The summed E-state index contributed by atoms with van der Waals surface area (Å²) < 4.78 is 5.34. The fourth-order valence-electron chi connectivity index (χ4n) is 2.05. The van der Waals surface area contributed by atoms with E-state index in [9.17, 15) is 0 Å². The summed E-state index contributed by atoms with van der Waals surface area (Å²) in [5.41, 5.74) is 3.40. The molecule has 0 aliphatic carbocycles. The van der Waals surface area contributed by atoms with Gasteiger partial charge in [-0.2, -0.15) is 0 Å². The van der Waals surface area contributed by atoms with Gasteiger partial charge in [0, 0.05) is 11.1 Å². The van der Waals surface area contributed by atoms with Crippen molar-refractivity contribution in [2.75, 3.05) is 12.4 Å². The molecule has 2 nitrogen and oxygen atoms in total. The highest BCUT2D eigenvalue weighted by Crippen LogP contribution is 2.30. The number of anilines is 1. The highest BCUT2D eigenvalue weighted by molar-refractivity contribution is 6.30. The minimum Gasteiger partial charge on any atom is -0.495 e. The summed E-state index contributed by atoms with van der Waals surface area (Å²) >= 11 is 6.03. The Hall–Kier alpha value is -1.67. The van der Waals surface area contributed by atoms with Gasteiger partial charge in [-0.25, -0.2) is 0 Å². The van der Waals surface area contributed by atoms with Gasteiger partial charge in [0.2, 0.25) is 0 Å². The fourth-order valence-corrected chi connectivity index (χ4v) is 2.22. The predicted molar refractivity (Wildman–Crippen MR) is 81.2 cm³/mol. The lowest BCUT2D eigenvalue weighted by molar-refractivity contribution is 0.416. The standard InChI is InChI=1S/C16H18ClNO/c1-11-5-4-6-13(9-11)12(2)18-15-10-14(17)7-8-16(15)19-3/h4-10,12,18H,1-3H3. The van der Waals surface area contributed by atoms with Crippen LogP contribution in [0.2, 0.25) is 5.02 Å². The third-order valence-electron chi connectivity index (χ3n) is 3.08. The second kappa shape index (κ2) is 5.98. The maximum atomic E-state index is 6.03. The molecule has 0 radical (unpaired) electrons. The Morgan fingerprint density at radius 2 is 1.95 bits per heavy atom. The van der Waals surface area contributed by atoms with Crippen molar-refractivity contribution >= 4 is 17.3 Å². The van der Waals surface area contributed by atoms with Gasteiger partial charge < -0.3 is 10.1 Å². The molecule has 0 bridgehead atoms. The van der Waals surface area contributed by atoms with Gasteiger partial charge in [-0.15, -0.1) is 0 Å². The second-order valence-electron chi connectivity index (χ2n) is 4.62. The van der Waals surface area contributed by atoms with E-state index in [4.69, 9.17) is 16.3 Å². The van der Waals surface area contributed by atoms with Crippen LogP contribution < -0.4 is 10.1 Å². The maximum absolute atomic E-state index is 6.03. The summed E-state index contributed by atoms with van der Waals surface area (Å²) in [7, 11) is 1.66. The molecule has 0 fully saturated rings. The molecule has 19 heavy (non-hydrogen) atoms. The Balaban J connectivity index is 2.23. The van der Waals surface area contributed by atoms with E-state index in [0.29, 0.717) is 5.02 Å². The summed E-state index contributed by atoms with van der Waals surface area (Å²) in [5, 5.41) is 4.13. The first-order valence-electron chi connectivity index (χ1n) is 6.27. The van der Waals surface area contributed by atoms with Crippen molar-refractivity contribution in [2.45, 2.75) is 19.9 Å². The molecule has 2 rings (SSSR count). The van der Waals surface area contributed by atoms with E-state index in [1.165, 1.54) is 11.1 Å². The number of methoxy groups -OCH3 is 1. The van der Waals surface area contributed by atoms with E-state index in [1.54, 1.807) is 7.11 Å². The molecule has 0 heterocycles. The van der Waals surface area contributed by atoms with Crippen LogP contribution in [-0.4, -0.2) is 7.11 Å². The Morgan fingerprint density at radius 3 is 2.63 bits per heavy atom. The van der Waals surface area contributed by atoms with Gasteiger partial charge in [0.05, 0.1) is 12.8 Å². The molecule has 0 spiro atoms. The minimum atomic E-state index is 0.187. The first kappa shape index (κ1) is 13.8. The van der Waals surface area contributed by atoms with E-state index in [2.05, 4.69) is 43.4 Å². The van der Waals surface area contributed by atoms with Crippen molar-refractivity contribution in [1.29, 1.82) is 0 Å². The van der Waals surface area contributed by atoms with E-state index in [1.807, 2.05) is 18.2 Å². The molecule has 100 valence electrons. The zero-order valence-corrected chi connectivity index (χ0v) is 12.2. The first-order valence-corrected chi connectivity index (χ1v) is 6.64. The van der Waals surface area contributed by atoms with Crippen molar-refractivity contribution in [3.05, 3.63) is 58.6 Å². The molecule has 0 amide bonds. The molecule has 0 aliphatic heterocycles. The number of rotatable bonds is 4. The Morgan fingerprint density at radius 1 is 1.16 bits per heavy atom. The highest BCUT2D eigenvalue weighted by atomic mass is 35.5. The zero-order chi connectivity index (χ0) is 13.8. The lowest BCUT2D eigenvalue weighted by Gasteiger charge is -2.18. The molecule has 2 aromatic rings. The summed E-state index contributed by atoms with van der Waals surface area (Å²) in [6, 6.07) is 14.2. The smallest absolute Gasteiger partial charge is 0.142 e. The average molecular weight is 276 g/mol. The normalized spacial score (nSPS) is 12.0. The van der Waals surface area contributed by atoms with Gasteiger partial charge in [0.15, 0.2) is 0 Å². The number of benzene rings is 2. The number of hydrogen-bond acceptors (Lipinski definition) is 2. The van der Waals surface area contributed by atoms with Gasteiger partial charge in [0.1, 0.15) is 5.75 Å². The maximum Gasteiger partial charge on any atom is 0.142 e. The monoisotopic (exact) mass is 275 g/mol. The van der Waals surface area contributed by atoms with Crippen LogP contribution >= 0.6 is 11.6 Å². The van der Waals surface area contributed by atoms with Crippen LogP contribution in [0.1, 0.15) is 24.1 Å². The molecule has 1 N–H and O–H groups in total. The third kappa shape index (κ3) is 3.42. The van der Waals surface area contributed by atoms with Crippen LogP contribution in [0.5, 0.6) is 5.75 Å². The minimum absolute atomic E-state index is 0.187. The quantitative estimate of drug-likeness (QED) is 0.863. The van der Waals surface area contributed by atoms with Gasteiger partial charge in [0.25, 0.3) is 0 Å². The summed E-state index contributed by atoms with van der Waals surface area (Å²) in [6.45, 7) is 4.21. The van der Waals surface area contributed by atoms with Crippen LogP contribution in [-0.2, 0) is 0 Å². The molecule has 0 aliphatic rings. The van der Waals surface area contributed by atoms with Crippen molar-refractivity contribution < 1.29 is 4.74 Å². The number of nitrogens with one attached hydrogen (secondary N) is 1. The largest absolute Gasteiger partial charge is 0.495 e. The van der Waals surface area contributed by atoms with Crippen LogP contribution in [0.25, 0.3) is 0 Å². The molecule has 0 saturated heterocycles. The lowest BCUT2D eigenvalue weighted by atomic mass is 10.1. The number of ether oxygens (including phenoxy) is 1. The van der Waals surface area contributed by atoms with Gasteiger partial charge in [-0.3, -0.25) is 0 Å². The summed E-state index contributed by atoms with van der Waals surface area (Å²) in [4.78, 5) is 0. The molecule has 1 unspecified atom stereocenters. The molecular weight excluding hydrogens is 258 g/mol. The second-order valence-corrected chi connectivity index (χ2v) is 5.06. The summed E-state index contributed by atoms with van der Waals surface area (Å²) in [5.74, 6) is 0.795. The fraction of sp³-hybridized carbons (Fsp3) is 0.250. The van der Waals surface area contributed by atoms with E-state index >= 15 is 0 Å². The van der Waals surface area contributed by atoms with Crippen molar-refractivity contribution in [1.82, 2.24) is 0 Å². The third-order valence-corrected chi connectivity index (χ3v) is 3.31. The Kier molecular flexibility index (Phi) is 4.33. The highest BCUT2D eigenvalue weighted by Gasteiger charge is 2.09. The number of aryl methyl sites for hydroxylation is 1. The van der Waals surface area contributed by atoms with Crippen LogP contribution in [0.15, 0.2) is 42.5 Å². The molecular formula is C16H18ClNO. The SMILES string of the molecule is COc1ccc(Cl)cc1NC(C)c1cccc(C)c1. The average Bonchev–Trinajstić information content (AvgIpc) is 2.39. The molecule has 0 aromatic heterocycles. The number of hydrogen-bond donors (Lipinski definition) is 1. The van der Waals surface area contributed by atoms with Crippen molar-refractivity contribution in [3.63, 3.8) is 0 Å². The van der Waals surface area contributed by atoms with Crippen LogP contribution in [0, 0.1) is 6.92 Å². The Labute approximate surface area is 119 Å². The molecule has 2 aromatic carbocycles. The topological polar surface area (TPSA) is 21.3 Å². The van der Waals surface area contributed by atoms with Gasteiger partial charge >= 0.3 is 0 Å². The van der Waals surface area contributed by atoms with E-state index in [-0.39, 0.29) is 6.04 Å². The molecule has 0 saturated carbocycles. The number of halogens is 1. The van der Waals surface area contributed by atoms with Crippen LogP contribution in [0.4, 0.5) is 5.69 Å². The van der Waals surface area contributed by atoms with Crippen molar-refractivity contribution in [3.8, 4) is 5.75 Å². The molecule has 3 heteroatoms. The van der Waals surface area contributed by atoms with Crippen molar-refractivity contribution in [2.24, 2.45) is 0 Å².